The van der Waals surface area contributed by atoms with Crippen LogP contribution in [0.2, 0.25) is 0 Å². The molecule has 0 bridgehead atoms. The van der Waals surface area contributed by atoms with Gasteiger partial charge in [-0.15, -0.1) is 0 Å². The Kier molecular flexibility index (Phi) is 5.25. The van der Waals surface area contributed by atoms with E-state index in [1.165, 1.54) is 11.8 Å². The molecule has 1 amide bonds. The Morgan fingerprint density at radius 3 is 2.62 bits per heavy atom. The third-order valence-corrected chi connectivity index (χ3v) is 3.18. The Labute approximate surface area is 100 Å². The van der Waals surface area contributed by atoms with Crippen LogP contribution in [0.1, 0.15) is 27.2 Å². The van der Waals surface area contributed by atoms with E-state index in [9.17, 15) is 4.79 Å². The summed E-state index contributed by atoms with van der Waals surface area (Å²) in [6, 6.07) is 1.97. The SMILES string of the molecule is CCC(C)NC(=O)C(C)Sc1ncccn1. The highest BCUT2D eigenvalue weighted by Gasteiger charge is 2.16. The second-order valence-electron chi connectivity index (χ2n) is 3.61. The first-order chi connectivity index (χ1) is 7.63. The third kappa shape index (κ3) is 4.18. The lowest BCUT2D eigenvalue weighted by Crippen LogP contribution is -2.37. The predicted molar refractivity (Wildman–Crippen MR) is 65.2 cm³/mol. The summed E-state index contributed by atoms with van der Waals surface area (Å²) in [7, 11) is 0. The van der Waals surface area contributed by atoms with Crippen LogP contribution in [0, 0.1) is 0 Å². The average molecular weight is 239 g/mol. The number of carbonyl (C=O) groups excluding carboxylic acids is 1. The molecule has 16 heavy (non-hydrogen) atoms. The molecule has 0 saturated heterocycles. The molecule has 0 radical (unpaired) electrons. The summed E-state index contributed by atoms with van der Waals surface area (Å²) in [5, 5.41) is 3.40. The molecule has 1 rings (SSSR count). The van der Waals surface area contributed by atoms with Crippen molar-refractivity contribution in [2.24, 2.45) is 0 Å². The number of aromatic nitrogens is 2. The molecule has 0 aromatic carbocycles. The zero-order chi connectivity index (χ0) is 12.0. The minimum atomic E-state index is -0.170. The molecule has 1 N–H and O–H groups in total. The minimum absolute atomic E-state index is 0.0341. The Hall–Kier alpha value is -1.10. The van der Waals surface area contributed by atoms with Gasteiger partial charge in [-0.3, -0.25) is 4.79 Å². The quantitative estimate of drug-likeness (QED) is 0.629. The van der Waals surface area contributed by atoms with Crippen molar-refractivity contribution in [3.8, 4) is 0 Å². The van der Waals surface area contributed by atoms with E-state index < -0.39 is 0 Å². The molecule has 1 aromatic rings. The molecule has 2 unspecified atom stereocenters. The lowest BCUT2D eigenvalue weighted by molar-refractivity contribution is -0.120. The first-order valence-electron chi connectivity index (χ1n) is 5.37. The fourth-order valence-electron chi connectivity index (χ4n) is 1.02. The van der Waals surface area contributed by atoms with Crippen molar-refractivity contribution < 1.29 is 4.79 Å². The second-order valence-corrected chi connectivity index (χ2v) is 4.92. The van der Waals surface area contributed by atoms with Crippen LogP contribution in [0.5, 0.6) is 0 Å². The van der Waals surface area contributed by atoms with Crippen molar-refractivity contribution >= 4 is 17.7 Å². The number of rotatable bonds is 5. The highest BCUT2D eigenvalue weighted by molar-refractivity contribution is 8.00. The third-order valence-electron chi connectivity index (χ3n) is 2.19. The summed E-state index contributed by atoms with van der Waals surface area (Å²) < 4.78 is 0. The second kappa shape index (κ2) is 6.48. The first-order valence-corrected chi connectivity index (χ1v) is 6.25. The Bertz CT molecular complexity index is 331. The molecule has 88 valence electrons. The number of amides is 1. The van der Waals surface area contributed by atoms with E-state index >= 15 is 0 Å². The van der Waals surface area contributed by atoms with Crippen LogP contribution in [0.3, 0.4) is 0 Å². The van der Waals surface area contributed by atoms with Crippen LogP contribution < -0.4 is 5.32 Å². The number of nitrogens with one attached hydrogen (secondary N) is 1. The fraction of sp³-hybridized carbons (Fsp3) is 0.545. The Balaban J connectivity index is 2.46. The van der Waals surface area contributed by atoms with Gasteiger partial charge in [-0.05, 0) is 26.3 Å². The zero-order valence-electron chi connectivity index (χ0n) is 9.80. The largest absolute Gasteiger partial charge is 0.353 e. The van der Waals surface area contributed by atoms with Crippen LogP contribution >= 0.6 is 11.8 Å². The van der Waals surface area contributed by atoms with Crippen molar-refractivity contribution in [1.82, 2.24) is 15.3 Å². The smallest absolute Gasteiger partial charge is 0.233 e. The van der Waals surface area contributed by atoms with E-state index in [-0.39, 0.29) is 17.2 Å². The molecule has 5 heteroatoms. The highest BCUT2D eigenvalue weighted by Crippen LogP contribution is 2.18. The summed E-state index contributed by atoms with van der Waals surface area (Å²) in [5.41, 5.74) is 0. The van der Waals surface area contributed by atoms with Gasteiger partial charge in [-0.1, -0.05) is 18.7 Å². The molecule has 0 fully saturated rings. The van der Waals surface area contributed by atoms with E-state index in [1.807, 2.05) is 20.8 Å². The van der Waals surface area contributed by atoms with Crippen LogP contribution in [-0.4, -0.2) is 27.2 Å². The van der Waals surface area contributed by atoms with Gasteiger partial charge in [0.05, 0.1) is 5.25 Å². The topological polar surface area (TPSA) is 54.9 Å². The normalized spacial score (nSPS) is 14.2. The van der Waals surface area contributed by atoms with Gasteiger partial charge in [0.1, 0.15) is 0 Å². The van der Waals surface area contributed by atoms with Crippen LogP contribution in [0.25, 0.3) is 0 Å². The van der Waals surface area contributed by atoms with Gasteiger partial charge >= 0.3 is 0 Å². The zero-order valence-corrected chi connectivity index (χ0v) is 10.6. The lowest BCUT2D eigenvalue weighted by Gasteiger charge is -2.15. The van der Waals surface area contributed by atoms with Crippen molar-refractivity contribution in [1.29, 1.82) is 0 Å². The standard InChI is InChI=1S/C11H17N3OS/c1-4-8(2)14-10(15)9(3)16-11-12-6-5-7-13-11/h5-9H,4H2,1-3H3,(H,14,15). The van der Waals surface area contributed by atoms with Crippen LogP contribution in [0.15, 0.2) is 23.6 Å². The molecule has 4 nitrogen and oxygen atoms in total. The van der Waals surface area contributed by atoms with E-state index in [2.05, 4.69) is 15.3 Å². The molecule has 0 aliphatic carbocycles. The molecule has 1 aromatic heterocycles. The Morgan fingerprint density at radius 1 is 1.44 bits per heavy atom. The summed E-state index contributed by atoms with van der Waals surface area (Å²) in [5.74, 6) is 0.0341. The number of thioether (sulfide) groups is 1. The van der Waals surface area contributed by atoms with Gasteiger partial charge < -0.3 is 5.32 Å². The van der Waals surface area contributed by atoms with Crippen LogP contribution in [0.4, 0.5) is 0 Å². The molecule has 0 saturated carbocycles. The molecule has 0 aliphatic heterocycles. The van der Waals surface area contributed by atoms with Gasteiger partial charge in [0.2, 0.25) is 5.91 Å². The number of carbonyl (C=O) groups is 1. The minimum Gasteiger partial charge on any atom is -0.353 e. The summed E-state index contributed by atoms with van der Waals surface area (Å²) in [6.45, 7) is 5.90. The number of nitrogens with zero attached hydrogens (tertiary/aromatic N) is 2. The summed E-state index contributed by atoms with van der Waals surface area (Å²) in [6.07, 6.45) is 4.29. The van der Waals surface area contributed by atoms with Crippen molar-refractivity contribution in [2.75, 3.05) is 0 Å². The van der Waals surface area contributed by atoms with E-state index in [1.54, 1.807) is 18.5 Å². The first kappa shape index (κ1) is 13.0. The van der Waals surface area contributed by atoms with Gasteiger partial charge in [0, 0.05) is 18.4 Å². The highest BCUT2D eigenvalue weighted by atomic mass is 32.2. The average Bonchev–Trinajstić information content (AvgIpc) is 2.30. The van der Waals surface area contributed by atoms with E-state index in [0.717, 1.165) is 6.42 Å². The molecule has 2 atom stereocenters. The molecular weight excluding hydrogens is 222 g/mol. The van der Waals surface area contributed by atoms with Crippen molar-refractivity contribution in [3.05, 3.63) is 18.5 Å². The maximum Gasteiger partial charge on any atom is 0.233 e. The molecular formula is C11H17N3OS. The number of hydrogen-bond acceptors (Lipinski definition) is 4. The van der Waals surface area contributed by atoms with Gasteiger partial charge in [-0.2, -0.15) is 0 Å². The molecule has 1 heterocycles. The van der Waals surface area contributed by atoms with Crippen molar-refractivity contribution in [3.63, 3.8) is 0 Å². The van der Waals surface area contributed by atoms with Crippen LogP contribution in [-0.2, 0) is 4.79 Å². The maximum absolute atomic E-state index is 11.7. The predicted octanol–water partition coefficient (Wildman–Crippen LogP) is 1.87. The van der Waals surface area contributed by atoms with E-state index in [0.29, 0.717) is 5.16 Å². The van der Waals surface area contributed by atoms with Crippen molar-refractivity contribution in [2.45, 2.75) is 43.6 Å². The Morgan fingerprint density at radius 2 is 2.06 bits per heavy atom. The monoisotopic (exact) mass is 239 g/mol. The van der Waals surface area contributed by atoms with E-state index in [4.69, 9.17) is 0 Å². The summed E-state index contributed by atoms with van der Waals surface area (Å²) >= 11 is 1.37. The molecule has 0 aliphatic rings. The van der Waals surface area contributed by atoms with Gasteiger partial charge in [0.15, 0.2) is 5.16 Å². The molecule has 0 spiro atoms. The lowest BCUT2D eigenvalue weighted by atomic mass is 10.2. The van der Waals surface area contributed by atoms with Gasteiger partial charge in [0.25, 0.3) is 0 Å². The maximum atomic E-state index is 11.7. The number of hydrogen-bond donors (Lipinski definition) is 1. The fourth-order valence-corrected chi connectivity index (χ4v) is 1.75. The summed E-state index contributed by atoms with van der Waals surface area (Å²) in [4.78, 5) is 19.9. The van der Waals surface area contributed by atoms with Gasteiger partial charge in [-0.25, -0.2) is 9.97 Å².